The van der Waals surface area contributed by atoms with Crippen molar-refractivity contribution in [3.8, 4) is 5.75 Å². The molecule has 0 aliphatic heterocycles. The Balaban J connectivity index is 1.22. The summed E-state index contributed by atoms with van der Waals surface area (Å²) < 4.78 is 10.9. The van der Waals surface area contributed by atoms with E-state index in [9.17, 15) is 9.59 Å². The lowest BCUT2D eigenvalue weighted by atomic mass is 9.49. The van der Waals surface area contributed by atoms with Crippen LogP contribution in [0, 0.1) is 23.2 Å². The van der Waals surface area contributed by atoms with Gasteiger partial charge >= 0.3 is 5.97 Å². The number of rotatable bonds is 8. The second-order valence-corrected chi connectivity index (χ2v) is 9.07. The first-order chi connectivity index (χ1) is 13.5. The van der Waals surface area contributed by atoms with Crippen molar-refractivity contribution in [1.82, 2.24) is 5.32 Å². The molecule has 5 heteroatoms. The smallest absolute Gasteiger partial charge is 0.325 e. The minimum Gasteiger partial charge on any atom is -0.493 e. The predicted molar refractivity (Wildman–Crippen MR) is 106 cm³/mol. The van der Waals surface area contributed by atoms with Crippen LogP contribution in [-0.2, 0) is 20.9 Å². The fourth-order valence-electron chi connectivity index (χ4n) is 6.21. The van der Waals surface area contributed by atoms with Crippen LogP contribution in [0.4, 0.5) is 0 Å². The highest BCUT2D eigenvalue weighted by atomic mass is 16.5. The van der Waals surface area contributed by atoms with E-state index >= 15 is 0 Å². The van der Waals surface area contributed by atoms with Gasteiger partial charge in [0.25, 0.3) is 0 Å². The molecule has 0 saturated heterocycles. The summed E-state index contributed by atoms with van der Waals surface area (Å²) in [6, 6.07) is 7.52. The molecule has 0 spiro atoms. The Morgan fingerprint density at radius 2 is 1.71 bits per heavy atom. The van der Waals surface area contributed by atoms with Gasteiger partial charge in [0.05, 0.1) is 6.61 Å². The van der Waals surface area contributed by atoms with Gasteiger partial charge < -0.3 is 14.8 Å². The van der Waals surface area contributed by atoms with Gasteiger partial charge in [0.2, 0.25) is 5.91 Å². The summed E-state index contributed by atoms with van der Waals surface area (Å²) in [5.41, 5.74) is 1.02. The van der Waals surface area contributed by atoms with Crippen LogP contribution in [0.1, 0.15) is 57.4 Å². The lowest BCUT2D eigenvalue weighted by Gasteiger charge is -2.56. The van der Waals surface area contributed by atoms with Crippen LogP contribution in [0.25, 0.3) is 0 Å². The van der Waals surface area contributed by atoms with Crippen LogP contribution in [0.5, 0.6) is 5.75 Å². The molecule has 4 bridgehead atoms. The van der Waals surface area contributed by atoms with E-state index < -0.39 is 5.97 Å². The molecule has 1 aromatic carbocycles. The summed E-state index contributed by atoms with van der Waals surface area (Å²) in [7, 11) is 0. The Morgan fingerprint density at radius 3 is 2.36 bits per heavy atom. The predicted octanol–water partition coefficient (Wildman–Crippen LogP) is 3.85. The van der Waals surface area contributed by atoms with Crippen LogP contribution < -0.4 is 10.1 Å². The zero-order valence-electron chi connectivity index (χ0n) is 16.7. The Bertz CT molecular complexity index is 694. The van der Waals surface area contributed by atoms with Crippen LogP contribution >= 0.6 is 0 Å². The number of para-hydroxylation sites is 1. The molecular weight excluding hydrogens is 354 g/mol. The van der Waals surface area contributed by atoms with E-state index in [1.807, 2.05) is 31.2 Å². The maximum atomic E-state index is 12.5. The molecule has 28 heavy (non-hydrogen) atoms. The van der Waals surface area contributed by atoms with Crippen molar-refractivity contribution in [2.45, 2.75) is 58.5 Å². The highest BCUT2D eigenvalue weighted by Crippen LogP contribution is 2.61. The van der Waals surface area contributed by atoms with Gasteiger partial charge in [-0.15, -0.1) is 0 Å². The molecule has 1 N–H and O–H groups in total. The molecule has 152 valence electrons. The van der Waals surface area contributed by atoms with Crippen LogP contribution in [0.2, 0.25) is 0 Å². The number of hydrogen-bond donors (Lipinski definition) is 1. The molecule has 1 aromatic rings. The minimum absolute atomic E-state index is 0.00591. The molecular formula is C23H31NO4. The Kier molecular flexibility index (Phi) is 5.61. The number of amides is 1. The zero-order chi connectivity index (χ0) is 19.6. The first-order valence-electron chi connectivity index (χ1n) is 10.7. The van der Waals surface area contributed by atoms with Gasteiger partial charge in [-0.25, -0.2) is 0 Å². The average Bonchev–Trinajstić information content (AvgIpc) is 2.64. The summed E-state index contributed by atoms with van der Waals surface area (Å²) >= 11 is 0. The largest absolute Gasteiger partial charge is 0.493 e. The normalized spacial score (nSPS) is 30.1. The molecule has 4 aliphatic rings. The monoisotopic (exact) mass is 385 g/mol. The fraction of sp³-hybridized carbons (Fsp3) is 0.652. The number of hydrogen-bond acceptors (Lipinski definition) is 4. The van der Waals surface area contributed by atoms with E-state index in [0.29, 0.717) is 13.0 Å². The maximum absolute atomic E-state index is 12.5. The van der Waals surface area contributed by atoms with Crippen LogP contribution in [-0.4, -0.2) is 25.0 Å². The molecule has 0 atom stereocenters. The van der Waals surface area contributed by atoms with E-state index in [0.717, 1.165) is 29.1 Å². The first kappa shape index (κ1) is 19.3. The fourth-order valence-corrected chi connectivity index (χ4v) is 6.21. The third-order valence-electron chi connectivity index (χ3n) is 6.79. The zero-order valence-corrected chi connectivity index (χ0v) is 16.7. The summed E-state index contributed by atoms with van der Waals surface area (Å²) in [6.45, 7) is 2.56. The third-order valence-corrected chi connectivity index (χ3v) is 6.79. The van der Waals surface area contributed by atoms with Gasteiger partial charge in [-0.3, -0.25) is 9.59 Å². The van der Waals surface area contributed by atoms with Crippen molar-refractivity contribution in [3.05, 3.63) is 29.8 Å². The highest BCUT2D eigenvalue weighted by Gasteiger charge is 2.51. The molecule has 1 amide bonds. The number of carbonyl (C=O) groups is 2. The molecule has 0 heterocycles. The van der Waals surface area contributed by atoms with Crippen LogP contribution in [0.15, 0.2) is 24.3 Å². The minimum atomic E-state index is -0.412. The molecule has 5 nitrogen and oxygen atoms in total. The van der Waals surface area contributed by atoms with Crippen molar-refractivity contribution in [1.29, 1.82) is 0 Å². The van der Waals surface area contributed by atoms with Crippen molar-refractivity contribution >= 4 is 11.9 Å². The van der Waals surface area contributed by atoms with Crippen molar-refractivity contribution < 1.29 is 19.1 Å². The van der Waals surface area contributed by atoms with E-state index in [-0.39, 0.29) is 24.5 Å². The van der Waals surface area contributed by atoms with Gasteiger partial charge in [0, 0.05) is 12.0 Å². The van der Waals surface area contributed by atoms with Gasteiger partial charge in [0.15, 0.2) is 0 Å². The highest BCUT2D eigenvalue weighted by molar-refractivity contribution is 5.82. The molecule has 5 rings (SSSR count). The second kappa shape index (κ2) is 8.14. The summed E-state index contributed by atoms with van der Waals surface area (Å²) in [6.07, 6.45) is 8.28. The van der Waals surface area contributed by atoms with Gasteiger partial charge in [-0.2, -0.15) is 0 Å². The molecule has 0 unspecified atom stereocenters. The molecule has 0 aromatic heterocycles. The number of carbonyl (C=O) groups excluding carboxylic acids is 2. The Morgan fingerprint density at radius 1 is 1.07 bits per heavy atom. The molecule has 0 radical (unpaired) electrons. The Labute approximate surface area is 167 Å². The van der Waals surface area contributed by atoms with E-state index in [2.05, 4.69) is 5.32 Å². The number of ether oxygens (including phenoxy) is 2. The second-order valence-electron chi connectivity index (χ2n) is 9.07. The molecule has 4 saturated carbocycles. The summed E-state index contributed by atoms with van der Waals surface area (Å²) in [5, 5.41) is 2.79. The van der Waals surface area contributed by atoms with Crippen molar-refractivity contribution in [3.63, 3.8) is 0 Å². The maximum Gasteiger partial charge on any atom is 0.325 e. The van der Waals surface area contributed by atoms with E-state index in [4.69, 9.17) is 9.47 Å². The van der Waals surface area contributed by atoms with Crippen molar-refractivity contribution in [2.75, 3.05) is 13.2 Å². The lowest BCUT2D eigenvalue weighted by Crippen LogP contribution is -2.48. The number of esters is 1. The average molecular weight is 386 g/mol. The SMILES string of the molecule is CCOc1ccccc1COC(=O)CNC(=O)CC12CC3CC(CC(C3)C1)C2. The summed E-state index contributed by atoms with van der Waals surface area (Å²) in [4.78, 5) is 24.6. The third kappa shape index (κ3) is 4.34. The van der Waals surface area contributed by atoms with Crippen molar-refractivity contribution in [2.24, 2.45) is 23.2 Å². The summed E-state index contributed by atoms with van der Waals surface area (Å²) in [5.74, 6) is 2.79. The first-order valence-corrected chi connectivity index (χ1v) is 10.7. The molecule has 4 fully saturated rings. The van der Waals surface area contributed by atoms with E-state index in [1.54, 1.807) is 0 Å². The Hall–Kier alpha value is -2.04. The quantitative estimate of drug-likeness (QED) is 0.691. The van der Waals surface area contributed by atoms with E-state index in [1.165, 1.54) is 38.5 Å². The number of nitrogens with one attached hydrogen (secondary N) is 1. The number of benzene rings is 1. The van der Waals surface area contributed by atoms with Gasteiger partial charge in [0.1, 0.15) is 18.9 Å². The standard InChI is InChI=1S/C23H31NO4/c1-2-27-20-6-4-3-5-19(20)15-28-22(26)14-24-21(25)13-23-10-16-7-17(11-23)9-18(8-16)12-23/h3-6,16-18H,2,7-15H2,1H3,(H,24,25). The lowest BCUT2D eigenvalue weighted by molar-refractivity contribution is -0.146. The van der Waals surface area contributed by atoms with Gasteiger partial charge in [-0.05, 0) is 74.7 Å². The molecule has 4 aliphatic carbocycles. The van der Waals surface area contributed by atoms with Gasteiger partial charge in [-0.1, -0.05) is 18.2 Å². The topological polar surface area (TPSA) is 64.6 Å². The van der Waals surface area contributed by atoms with Crippen LogP contribution in [0.3, 0.4) is 0 Å².